The van der Waals surface area contributed by atoms with Crippen LogP contribution in [-0.4, -0.2) is 36.0 Å². The minimum absolute atomic E-state index is 0.0586. The normalized spacial score (nSPS) is 12.6. The fraction of sp³-hybridized carbons (Fsp3) is 0.471. The van der Waals surface area contributed by atoms with E-state index in [4.69, 9.17) is 4.74 Å². The smallest absolute Gasteiger partial charge is 0.315 e. The molecule has 0 aliphatic rings. The molecule has 1 aromatic rings. The van der Waals surface area contributed by atoms with Crippen molar-refractivity contribution >= 4 is 23.5 Å². The standard InChI is InChI=1S/C17H21FN2O7/c1-4-26-15(22)9-14(21)19-17(3,10-16(23)27-5-2)12-8-11(20(24)25)6-7-13(12)18/h6-8H,4-5,9-10H2,1-3H3,(H,19,21)/t17-/m0/s1. The molecule has 0 saturated carbocycles. The second-order valence-electron chi connectivity index (χ2n) is 5.77. The first-order valence-electron chi connectivity index (χ1n) is 8.19. The third kappa shape index (κ3) is 6.32. The molecule has 1 aromatic carbocycles. The van der Waals surface area contributed by atoms with Gasteiger partial charge < -0.3 is 14.8 Å². The molecule has 0 aliphatic carbocycles. The topological polar surface area (TPSA) is 125 Å². The molecule has 0 aromatic heterocycles. The number of carbonyl (C=O) groups excluding carboxylic acids is 3. The number of amides is 1. The summed E-state index contributed by atoms with van der Waals surface area (Å²) in [5, 5.41) is 13.4. The molecular formula is C17H21FN2O7. The maximum Gasteiger partial charge on any atom is 0.315 e. The van der Waals surface area contributed by atoms with Gasteiger partial charge in [0.25, 0.3) is 5.69 Å². The predicted octanol–water partition coefficient (Wildman–Crippen LogP) is 1.97. The summed E-state index contributed by atoms with van der Waals surface area (Å²) >= 11 is 0. The average molecular weight is 384 g/mol. The maximum absolute atomic E-state index is 14.4. The van der Waals surface area contributed by atoms with Crippen LogP contribution in [0.25, 0.3) is 0 Å². The van der Waals surface area contributed by atoms with Crippen LogP contribution in [0.1, 0.15) is 39.2 Å². The number of nitro groups is 1. The lowest BCUT2D eigenvalue weighted by Crippen LogP contribution is -2.46. The molecule has 148 valence electrons. The fourth-order valence-corrected chi connectivity index (χ4v) is 2.45. The van der Waals surface area contributed by atoms with Crippen LogP contribution in [0.5, 0.6) is 0 Å². The lowest BCUT2D eigenvalue weighted by atomic mass is 9.87. The first-order chi connectivity index (χ1) is 12.6. The van der Waals surface area contributed by atoms with Crippen molar-refractivity contribution in [3.05, 3.63) is 39.7 Å². The number of benzene rings is 1. The molecule has 1 amide bonds. The van der Waals surface area contributed by atoms with Crippen molar-refractivity contribution in [1.82, 2.24) is 5.32 Å². The molecule has 1 N–H and O–H groups in total. The third-order valence-corrected chi connectivity index (χ3v) is 3.58. The highest BCUT2D eigenvalue weighted by molar-refractivity contribution is 5.94. The molecule has 9 nitrogen and oxygen atoms in total. The first-order valence-corrected chi connectivity index (χ1v) is 8.19. The highest BCUT2D eigenvalue weighted by Gasteiger charge is 2.36. The number of rotatable bonds is 9. The van der Waals surface area contributed by atoms with Gasteiger partial charge in [-0.3, -0.25) is 24.5 Å². The zero-order valence-corrected chi connectivity index (χ0v) is 15.2. The lowest BCUT2D eigenvalue weighted by molar-refractivity contribution is -0.385. The molecule has 0 heterocycles. The molecule has 0 fully saturated rings. The molecule has 10 heteroatoms. The van der Waals surface area contributed by atoms with Gasteiger partial charge in [-0.05, 0) is 26.8 Å². The van der Waals surface area contributed by atoms with Gasteiger partial charge in [0.1, 0.15) is 12.2 Å². The highest BCUT2D eigenvalue weighted by Crippen LogP contribution is 2.31. The van der Waals surface area contributed by atoms with Gasteiger partial charge in [-0.25, -0.2) is 4.39 Å². The van der Waals surface area contributed by atoms with Crippen molar-refractivity contribution in [2.45, 2.75) is 39.2 Å². The number of hydrogen-bond donors (Lipinski definition) is 1. The van der Waals surface area contributed by atoms with Gasteiger partial charge in [-0.2, -0.15) is 0 Å². The largest absolute Gasteiger partial charge is 0.466 e. The summed E-state index contributed by atoms with van der Waals surface area (Å²) in [6, 6.07) is 2.76. The molecule has 0 aliphatic heterocycles. The summed E-state index contributed by atoms with van der Waals surface area (Å²) in [5.74, 6) is -3.23. The number of nitro benzene ring substituents is 1. The number of esters is 2. The monoisotopic (exact) mass is 384 g/mol. The second-order valence-corrected chi connectivity index (χ2v) is 5.77. The third-order valence-electron chi connectivity index (χ3n) is 3.58. The van der Waals surface area contributed by atoms with Crippen LogP contribution in [0.15, 0.2) is 18.2 Å². The van der Waals surface area contributed by atoms with Crippen molar-refractivity contribution in [1.29, 1.82) is 0 Å². The van der Waals surface area contributed by atoms with Gasteiger partial charge in [0, 0.05) is 17.7 Å². The Balaban J connectivity index is 3.24. The van der Waals surface area contributed by atoms with E-state index in [9.17, 15) is 28.9 Å². The summed E-state index contributed by atoms with van der Waals surface area (Å²) < 4.78 is 23.9. The van der Waals surface area contributed by atoms with Gasteiger partial charge >= 0.3 is 11.9 Å². The molecule has 27 heavy (non-hydrogen) atoms. The number of carbonyl (C=O) groups is 3. The number of non-ortho nitro benzene ring substituents is 1. The summed E-state index contributed by atoms with van der Waals surface area (Å²) in [6.07, 6.45) is -1.14. The van der Waals surface area contributed by atoms with Crippen molar-refractivity contribution in [2.24, 2.45) is 0 Å². The highest BCUT2D eigenvalue weighted by atomic mass is 19.1. The average Bonchev–Trinajstić information content (AvgIpc) is 2.54. The van der Waals surface area contributed by atoms with Crippen LogP contribution in [0.2, 0.25) is 0 Å². The number of hydrogen-bond acceptors (Lipinski definition) is 7. The number of nitrogens with one attached hydrogen (secondary N) is 1. The molecule has 0 saturated heterocycles. The van der Waals surface area contributed by atoms with Gasteiger partial charge in [0.05, 0.1) is 30.1 Å². The Morgan fingerprint density at radius 3 is 2.33 bits per heavy atom. The molecule has 0 bridgehead atoms. The fourth-order valence-electron chi connectivity index (χ4n) is 2.45. The van der Waals surface area contributed by atoms with Gasteiger partial charge in [0.2, 0.25) is 5.91 Å². The van der Waals surface area contributed by atoms with E-state index in [0.29, 0.717) is 0 Å². The lowest BCUT2D eigenvalue weighted by Gasteiger charge is -2.30. The van der Waals surface area contributed by atoms with E-state index in [-0.39, 0.29) is 18.8 Å². The minimum Gasteiger partial charge on any atom is -0.466 e. The molecule has 0 spiro atoms. The maximum atomic E-state index is 14.4. The Morgan fingerprint density at radius 2 is 1.78 bits per heavy atom. The Kier molecular flexibility index (Phi) is 7.82. The van der Waals surface area contributed by atoms with Crippen LogP contribution in [0.3, 0.4) is 0 Å². The Bertz CT molecular complexity index is 738. The molecular weight excluding hydrogens is 363 g/mol. The van der Waals surface area contributed by atoms with E-state index in [1.54, 1.807) is 13.8 Å². The Labute approximate surface area is 155 Å². The number of ether oxygens (including phenoxy) is 2. The predicted molar refractivity (Wildman–Crippen MR) is 91.0 cm³/mol. The zero-order valence-electron chi connectivity index (χ0n) is 15.2. The summed E-state index contributed by atoms with van der Waals surface area (Å²) in [5.41, 5.74) is -2.37. The van der Waals surface area contributed by atoms with Crippen molar-refractivity contribution in [2.75, 3.05) is 13.2 Å². The molecule has 0 unspecified atom stereocenters. The van der Waals surface area contributed by atoms with Crippen molar-refractivity contribution in [3.63, 3.8) is 0 Å². The SMILES string of the molecule is CCOC(=O)CC(=O)N[C@@](C)(CC(=O)OCC)c1cc([N+](=O)[O-])ccc1F. The van der Waals surface area contributed by atoms with E-state index >= 15 is 0 Å². The van der Waals surface area contributed by atoms with Crippen molar-refractivity contribution in [3.8, 4) is 0 Å². The minimum atomic E-state index is -1.67. The number of halogens is 1. The summed E-state index contributed by atoms with van der Waals surface area (Å²) in [7, 11) is 0. The molecule has 1 rings (SSSR count). The van der Waals surface area contributed by atoms with E-state index in [2.05, 4.69) is 10.1 Å². The van der Waals surface area contributed by atoms with Gasteiger partial charge in [0.15, 0.2) is 0 Å². The van der Waals surface area contributed by atoms with E-state index in [1.807, 2.05) is 0 Å². The summed E-state index contributed by atoms with van der Waals surface area (Å²) in [4.78, 5) is 45.9. The van der Waals surface area contributed by atoms with Crippen LogP contribution < -0.4 is 5.32 Å². The zero-order chi connectivity index (χ0) is 20.6. The van der Waals surface area contributed by atoms with E-state index in [1.165, 1.54) is 6.92 Å². The quantitative estimate of drug-likeness (QED) is 0.299. The van der Waals surface area contributed by atoms with Crippen LogP contribution in [0, 0.1) is 15.9 Å². The van der Waals surface area contributed by atoms with Crippen molar-refractivity contribution < 1.29 is 33.2 Å². The Morgan fingerprint density at radius 1 is 1.19 bits per heavy atom. The molecule has 0 radical (unpaired) electrons. The van der Waals surface area contributed by atoms with E-state index < -0.39 is 52.7 Å². The van der Waals surface area contributed by atoms with Crippen LogP contribution >= 0.6 is 0 Å². The number of nitrogens with zero attached hydrogens (tertiary/aromatic N) is 1. The van der Waals surface area contributed by atoms with Crippen LogP contribution in [0.4, 0.5) is 10.1 Å². The second kappa shape index (κ2) is 9.60. The van der Waals surface area contributed by atoms with Crippen LogP contribution in [-0.2, 0) is 29.4 Å². The van der Waals surface area contributed by atoms with E-state index in [0.717, 1.165) is 18.2 Å². The Hall–Kier alpha value is -3.04. The van der Waals surface area contributed by atoms with Gasteiger partial charge in [-0.15, -0.1) is 0 Å². The first kappa shape index (κ1) is 22.0. The summed E-state index contributed by atoms with van der Waals surface area (Å²) in [6.45, 7) is 4.59. The molecule has 1 atom stereocenters. The van der Waals surface area contributed by atoms with Gasteiger partial charge in [-0.1, -0.05) is 0 Å².